The number of aromatic nitrogens is 5. The standard InChI is InChI=1S/C25H20F4N6O/c1-33-24(13-9-18(27)22(29)19(28)10-13)17-12-15-3-2-4-21(23(17)32-33)34(15)25(36)16-11-14(26)5-6-20(16)35-30-7-8-31-35/h5-11,15,21H,2-4,12H2,1H3. The normalized spacial score (nSPS) is 18.9. The van der Waals surface area contributed by atoms with E-state index in [4.69, 9.17) is 0 Å². The van der Waals surface area contributed by atoms with E-state index < -0.39 is 29.3 Å². The lowest BCUT2D eigenvalue weighted by Gasteiger charge is -2.45. The number of carbonyl (C=O) groups excluding carboxylic acids is 1. The van der Waals surface area contributed by atoms with Crippen LogP contribution >= 0.6 is 0 Å². The van der Waals surface area contributed by atoms with E-state index in [1.54, 1.807) is 11.9 Å². The fourth-order valence-corrected chi connectivity index (χ4v) is 5.54. The Morgan fingerprint density at radius 2 is 1.72 bits per heavy atom. The monoisotopic (exact) mass is 496 g/mol. The number of benzene rings is 2. The quantitative estimate of drug-likeness (QED) is 0.309. The van der Waals surface area contributed by atoms with E-state index >= 15 is 0 Å². The van der Waals surface area contributed by atoms with Crippen LogP contribution < -0.4 is 0 Å². The van der Waals surface area contributed by atoms with Gasteiger partial charge in [0.25, 0.3) is 5.91 Å². The molecule has 0 saturated carbocycles. The van der Waals surface area contributed by atoms with Crippen LogP contribution in [-0.2, 0) is 13.5 Å². The molecule has 11 heteroatoms. The summed E-state index contributed by atoms with van der Waals surface area (Å²) in [4.78, 5) is 16.9. The zero-order valence-electron chi connectivity index (χ0n) is 19.1. The molecule has 2 aromatic carbocycles. The van der Waals surface area contributed by atoms with Crippen LogP contribution in [0.25, 0.3) is 16.9 Å². The molecule has 36 heavy (non-hydrogen) atoms. The highest BCUT2D eigenvalue weighted by molar-refractivity contribution is 5.98. The van der Waals surface area contributed by atoms with E-state index in [0.29, 0.717) is 36.3 Å². The Kier molecular flexibility index (Phi) is 5.16. The maximum Gasteiger partial charge on any atom is 0.257 e. The molecule has 6 rings (SSSR count). The van der Waals surface area contributed by atoms with E-state index in [0.717, 1.165) is 24.1 Å². The summed E-state index contributed by atoms with van der Waals surface area (Å²) in [6, 6.07) is 5.17. The summed E-state index contributed by atoms with van der Waals surface area (Å²) in [7, 11) is 1.65. The third kappa shape index (κ3) is 3.41. The molecule has 2 atom stereocenters. The molecule has 7 nitrogen and oxygen atoms in total. The molecule has 2 aromatic heterocycles. The Morgan fingerprint density at radius 1 is 1.00 bits per heavy atom. The highest BCUT2D eigenvalue weighted by Crippen LogP contribution is 2.45. The van der Waals surface area contributed by atoms with Crippen molar-refractivity contribution in [3.8, 4) is 16.9 Å². The highest BCUT2D eigenvalue weighted by atomic mass is 19.2. The first-order valence-electron chi connectivity index (χ1n) is 11.5. The van der Waals surface area contributed by atoms with Crippen LogP contribution in [0.3, 0.4) is 0 Å². The molecule has 4 heterocycles. The van der Waals surface area contributed by atoms with E-state index in [2.05, 4.69) is 15.3 Å². The van der Waals surface area contributed by atoms with Crippen LogP contribution in [0.15, 0.2) is 42.7 Å². The van der Waals surface area contributed by atoms with Crippen molar-refractivity contribution in [2.24, 2.45) is 7.05 Å². The minimum Gasteiger partial charge on any atom is -0.327 e. The second kappa shape index (κ2) is 8.28. The van der Waals surface area contributed by atoms with Gasteiger partial charge in [-0.05, 0) is 56.0 Å². The summed E-state index contributed by atoms with van der Waals surface area (Å²) in [6.45, 7) is 0. The van der Waals surface area contributed by atoms with Crippen LogP contribution in [-0.4, -0.2) is 41.6 Å². The molecule has 2 unspecified atom stereocenters. The molecule has 1 amide bonds. The van der Waals surface area contributed by atoms with Gasteiger partial charge in [-0.15, -0.1) is 0 Å². The van der Waals surface area contributed by atoms with Gasteiger partial charge >= 0.3 is 0 Å². The van der Waals surface area contributed by atoms with Gasteiger partial charge in [-0.25, -0.2) is 17.6 Å². The molecule has 0 radical (unpaired) electrons. The van der Waals surface area contributed by atoms with Crippen LogP contribution in [0, 0.1) is 23.3 Å². The number of nitrogens with zero attached hydrogens (tertiary/aromatic N) is 6. The predicted octanol–water partition coefficient (Wildman–Crippen LogP) is 4.52. The number of aryl methyl sites for hydroxylation is 1. The summed E-state index contributed by atoms with van der Waals surface area (Å²) >= 11 is 0. The number of amides is 1. The van der Waals surface area contributed by atoms with Gasteiger partial charge in [0, 0.05) is 24.2 Å². The van der Waals surface area contributed by atoms with Gasteiger partial charge in [-0.2, -0.15) is 20.1 Å². The number of halogens is 4. The van der Waals surface area contributed by atoms with E-state index in [1.807, 2.05) is 0 Å². The van der Waals surface area contributed by atoms with E-state index in [9.17, 15) is 22.4 Å². The van der Waals surface area contributed by atoms with Gasteiger partial charge in [-0.3, -0.25) is 9.48 Å². The van der Waals surface area contributed by atoms with Crippen molar-refractivity contribution in [2.45, 2.75) is 37.8 Å². The van der Waals surface area contributed by atoms with Crippen molar-refractivity contribution >= 4 is 5.91 Å². The average molecular weight is 496 g/mol. The van der Waals surface area contributed by atoms with E-state index in [1.165, 1.54) is 40.1 Å². The zero-order chi connectivity index (χ0) is 25.1. The maximum atomic E-state index is 14.3. The lowest BCUT2D eigenvalue weighted by molar-refractivity contribution is 0.0391. The SMILES string of the molecule is Cn1nc2c(c1-c1cc(F)c(F)c(F)c1)CC1CCCC2N1C(=O)c1cc(F)ccc1-n1nccn1. The van der Waals surface area contributed by atoms with Gasteiger partial charge < -0.3 is 4.90 Å². The van der Waals surface area contributed by atoms with Crippen molar-refractivity contribution in [3.63, 3.8) is 0 Å². The highest BCUT2D eigenvalue weighted by Gasteiger charge is 2.44. The smallest absolute Gasteiger partial charge is 0.257 e. The molecule has 1 saturated heterocycles. The fourth-order valence-electron chi connectivity index (χ4n) is 5.54. The number of piperidine rings is 1. The molecule has 2 aliphatic heterocycles. The number of hydrogen-bond donors (Lipinski definition) is 0. The maximum absolute atomic E-state index is 14.3. The summed E-state index contributed by atoms with van der Waals surface area (Å²) in [5.41, 5.74) is 2.54. The molecule has 0 aliphatic carbocycles. The first-order chi connectivity index (χ1) is 17.3. The zero-order valence-corrected chi connectivity index (χ0v) is 19.1. The van der Waals surface area contributed by atoms with Crippen molar-refractivity contribution in [3.05, 3.63) is 82.8 Å². The van der Waals surface area contributed by atoms with Crippen molar-refractivity contribution < 1.29 is 22.4 Å². The lowest BCUT2D eigenvalue weighted by atomic mass is 9.81. The minimum atomic E-state index is -1.53. The van der Waals surface area contributed by atoms with Crippen LogP contribution in [0.1, 0.15) is 46.9 Å². The van der Waals surface area contributed by atoms with Gasteiger partial charge in [0.2, 0.25) is 0 Å². The first-order valence-corrected chi connectivity index (χ1v) is 11.5. The summed E-state index contributed by atoms with van der Waals surface area (Å²) in [6.07, 6.45) is 5.52. The third-order valence-electron chi connectivity index (χ3n) is 6.99. The minimum absolute atomic E-state index is 0.130. The number of fused-ring (bicyclic) bond motifs is 4. The van der Waals surface area contributed by atoms with Crippen molar-refractivity contribution in [1.29, 1.82) is 0 Å². The van der Waals surface area contributed by atoms with Crippen LogP contribution in [0.4, 0.5) is 17.6 Å². The Hall–Kier alpha value is -4.02. The first kappa shape index (κ1) is 22.4. The Labute approximate surface area is 202 Å². The fraction of sp³-hybridized carbons (Fsp3) is 0.280. The third-order valence-corrected chi connectivity index (χ3v) is 6.99. The number of hydrogen-bond acceptors (Lipinski definition) is 4. The van der Waals surface area contributed by atoms with Gasteiger partial charge in [0.1, 0.15) is 5.82 Å². The molecule has 0 N–H and O–H groups in total. The Bertz CT molecular complexity index is 1480. The summed E-state index contributed by atoms with van der Waals surface area (Å²) < 4.78 is 57.4. The number of rotatable bonds is 3. The molecule has 4 aromatic rings. The molecule has 2 aliphatic rings. The molecular formula is C25H20F4N6O. The van der Waals surface area contributed by atoms with E-state index in [-0.39, 0.29) is 23.1 Å². The van der Waals surface area contributed by atoms with Crippen LogP contribution in [0.5, 0.6) is 0 Å². The summed E-state index contributed by atoms with van der Waals surface area (Å²) in [5, 5.41) is 12.8. The molecular weight excluding hydrogens is 476 g/mol. The topological polar surface area (TPSA) is 68.8 Å². The van der Waals surface area contributed by atoms with Crippen molar-refractivity contribution in [2.75, 3.05) is 0 Å². The Balaban J connectivity index is 1.45. The molecule has 0 spiro atoms. The summed E-state index contributed by atoms with van der Waals surface area (Å²) in [5.74, 6) is -5.01. The predicted molar refractivity (Wildman–Crippen MR) is 120 cm³/mol. The van der Waals surface area contributed by atoms with Gasteiger partial charge in [0.15, 0.2) is 17.5 Å². The second-order valence-electron chi connectivity index (χ2n) is 9.09. The van der Waals surface area contributed by atoms with Gasteiger partial charge in [0.05, 0.1) is 41.1 Å². The second-order valence-corrected chi connectivity index (χ2v) is 9.09. The largest absolute Gasteiger partial charge is 0.327 e. The number of carbonyl (C=O) groups is 1. The molecule has 1 fully saturated rings. The van der Waals surface area contributed by atoms with Crippen molar-refractivity contribution in [1.82, 2.24) is 29.7 Å². The Morgan fingerprint density at radius 3 is 2.44 bits per heavy atom. The van der Waals surface area contributed by atoms with Crippen LogP contribution in [0.2, 0.25) is 0 Å². The average Bonchev–Trinajstić information content (AvgIpc) is 3.49. The molecule has 184 valence electrons. The van der Waals surface area contributed by atoms with Gasteiger partial charge in [-0.1, -0.05) is 0 Å². The lowest BCUT2D eigenvalue weighted by Crippen LogP contribution is -2.50. The molecule has 2 bridgehead atoms.